The van der Waals surface area contributed by atoms with E-state index in [1.54, 1.807) is 6.07 Å². The van der Waals surface area contributed by atoms with E-state index in [2.05, 4.69) is 25.6 Å². The van der Waals surface area contributed by atoms with Gasteiger partial charge < -0.3 is 14.4 Å². The Bertz CT molecular complexity index is 574. The number of hydrogen-bond donors (Lipinski definition) is 1. The van der Waals surface area contributed by atoms with Crippen LogP contribution in [0.2, 0.25) is 0 Å². The van der Waals surface area contributed by atoms with Gasteiger partial charge in [0.25, 0.3) is 0 Å². The quantitative estimate of drug-likeness (QED) is 0.499. The lowest BCUT2D eigenvalue weighted by molar-refractivity contribution is -0.146. The van der Waals surface area contributed by atoms with Crippen molar-refractivity contribution in [2.45, 2.75) is 39.7 Å². The zero-order chi connectivity index (χ0) is 17.6. The number of carbonyl (C=O) groups is 1. The summed E-state index contributed by atoms with van der Waals surface area (Å²) in [6.07, 6.45) is 0.460. The molecule has 2 rings (SSSR count). The number of nitrogens with zero attached hydrogens (tertiary/aromatic N) is 4. The molecule has 1 aromatic heterocycles. The highest BCUT2D eigenvalue weighted by Crippen LogP contribution is 2.13. The average molecular weight is 335 g/mol. The molecule has 0 aliphatic carbocycles. The van der Waals surface area contributed by atoms with E-state index < -0.39 is 11.6 Å². The summed E-state index contributed by atoms with van der Waals surface area (Å²) >= 11 is 0. The summed E-state index contributed by atoms with van der Waals surface area (Å²) in [4.78, 5) is 14.1. The predicted octanol–water partition coefficient (Wildman–Crippen LogP) is 1.83. The number of anilines is 2. The Balaban J connectivity index is 1.97. The molecule has 1 N–H and O–H groups in total. The molecule has 0 amide bonds. The van der Waals surface area contributed by atoms with Gasteiger partial charge in [-0.15, -0.1) is 10.2 Å². The third kappa shape index (κ3) is 5.45. The SMILES string of the molecule is CCC(=NNc1ccc(N2CCOCC2)nn1)C(=O)OC(C)(C)C. The van der Waals surface area contributed by atoms with Gasteiger partial charge in [0.15, 0.2) is 11.6 Å². The van der Waals surface area contributed by atoms with Crippen molar-refractivity contribution in [3.63, 3.8) is 0 Å². The van der Waals surface area contributed by atoms with Crippen LogP contribution in [-0.2, 0) is 14.3 Å². The summed E-state index contributed by atoms with van der Waals surface area (Å²) in [6.45, 7) is 10.3. The number of rotatable bonds is 5. The molecule has 0 saturated carbocycles. The largest absolute Gasteiger partial charge is 0.455 e. The van der Waals surface area contributed by atoms with E-state index in [9.17, 15) is 4.79 Å². The summed E-state index contributed by atoms with van der Waals surface area (Å²) < 4.78 is 10.6. The number of esters is 1. The number of ether oxygens (including phenoxy) is 2. The molecule has 0 unspecified atom stereocenters. The highest BCUT2D eigenvalue weighted by Gasteiger charge is 2.20. The minimum atomic E-state index is -0.549. The van der Waals surface area contributed by atoms with Gasteiger partial charge in [0, 0.05) is 13.1 Å². The fourth-order valence-corrected chi connectivity index (χ4v) is 2.08. The van der Waals surface area contributed by atoms with Gasteiger partial charge in [-0.25, -0.2) is 4.79 Å². The monoisotopic (exact) mass is 335 g/mol. The van der Waals surface area contributed by atoms with E-state index in [0.29, 0.717) is 31.2 Å². The molecule has 2 heterocycles. The lowest BCUT2D eigenvalue weighted by Gasteiger charge is -2.27. The van der Waals surface area contributed by atoms with E-state index in [4.69, 9.17) is 9.47 Å². The van der Waals surface area contributed by atoms with Crippen LogP contribution in [0.25, 0.3) is 0 Å². The first kappa shape index (κ1) is 18.1. The highest BCUT2D eigenvalue weighted by atomic mass is 16.6. The molecule has 0 radical (unpaired) electrons. The first-order valence-electron chi connectivity index (χ1n) is 8.11. The van der Waals surface area contributed by atoms with E-state index in [1.165, 1.54) is 0 Å². The van der Waals surface area contributed by atoms with Crippen molar-refractivity contribution in [3.05, 3.63) is 12.1 Å². The number of aromatic nitrogens is 2. The van der Waals surface area contributed by atoms with Crippen molar-refractivity contribution < 1.29 is 14.3 Å². The molecular formula is C16H25N5O3. The van der Waals surface area contributed by atoms with E-state index >= 15 is 0 Å². The molecule has 8 heteroatoms. The Kier molecular flexibility index (Phi) is 6.08. The van der Waals surface area contributed by atoms with Gasteiger partial charge in [-0.05, 0) is 39.3 Å². The normalized spacial score (nSPS) is 16.0. The lowest BCUT2D eigenvalue weighted by atomic mass is 10.2. The fourth-order valence-electron chi connectivity index (χ4n) is 2.08. The maximum Gasteiger partial charge on any atom is 0.354 e. The number of hydrazone groups is 1. The first-order valence-corrected chi connectivity index (χ1v) is 8.11. The molecule has 24 heavy (non-hydrogen) atoms. The smallest absolute Gasteiger partial charge is 0.354 e. The Morgan fingerprint density at radius 3 is 2.58 bits per heavy atom. The standard InChI is InChI=1S/C16H25N5O3/c1-5-12(15(22)24-16(2,3)4)17-18-13-6-7-14(20-19-13)21-8-10-23-11-9-21/h6-7H,5,8-11H2,1-4H3,(H,18,19). The summed E-state index contributed by atoms with van der Waals surface area (Å²) in [6, 6.07) is 3.65. The molecule has 1 fully saturated rings. The van der Waals surface area contributed by atoms with Gasteiger partial charge >= 0.3 is 5.97 Å². The zero-order valence-corrected chi connectivity index (χ0v) is 14.7. The van der Waals surface area contributed by atoms with Crippen molar-refractivity contribution in [1.82, 2.24) is 10.2 Å². The number of hydrogen-bond acceptors (Lipinski definition) is 8. The van der Waals surface area contributed by atoms with Gasteiger partial charge in [0.05, 0.1) is 13.2 Å². The Morgan fingerprint density at radius 2 is 2.04 bits per heavy atom. The first-order chi connectivity index (χ1) is 11.4. The Hall–Kier alpha value is -2.22. The third-order valence-electron chi connectivity index (χ3n) is 3.26. The summed E-state index contributed by atoms with van der Waals surface area (Å²) in [7, 11) is 0. The molecule has 1 aliphatic rings. The second-order valence-electron chi connectivity index (χ2n) is 6.40. The second-order valence-corrected chi connectivity index (χ2v) is 6.40. The zero-order valence-electron chi connectivity index (χ0n) is 14.7. The van der Waals surface area contributed by atoms with Crippen molar-refractivity contribution in [2.24, 2.45) is 5.10 Å². The van der Waals surface area contributed by atoms with Crippen molar-refractivity contribution in [3.8, 4) is 0 Å². The average Bonchev–Trinajstić information content (AvgIpc) is 2.55. The summed E-state index contributed by atoms with van der Waals surface area (Å²) in [5.41, 5.74) is 2.52. The Morgan fingerprint density at radius 1 is 1.33 bits per heavy atom. The topological polar surface area (TPSA) is 88.9 Å². The van der Waals surface area contributed by atoms with Crippen LogP contribution in [0.5, 0.6) is 0 Å². The number of carbonyl (C=O) groups excluding carboxylic acids is 1. The molecule has 1 aromatic rings. The predicted molar refractivity (Wildman–Crippen MR) is 92.3 cm³/mol. The van der Waals surface area contributed by atoms with E-state index in [1.807, 2.05) is 33.8 Å². The molecule has 0 aromatic carbocycles. The maximum absolute atomic E-state index is 12.0. The maximum atomic E-state index is 12.0. The van der Waals surface area contributed by atoms with Crippen LogP contribution < -0.4 is 10.3 Å². The molecule has 8 nitrogen and oxygen atoms in total. The number of morpholine rings is 1. The van der Waals surface area contributed by atoms with Gasteiger partial charge in [0.1, 0.15) is 11.3 Å². The van der Waals surface area contributed by atoms with E-state index in [-0.39, 0.29) is 0 Å². The highest BCUT2D eigenvalue weighted by molar-refractivity contribution is 6.36. The molecule has 1 aliphatic heterocycles. The van der Waals surface area contributed by atoms with Crippen molar-refractivity contribution in [1.29, 1.82) is 0 Å². The molecular weight excluding hydrogens is 310 g/mol. The fraction of sp³-hybridized carbons (Fsp3) is 0.625. The van der Waals surface area contributed by atoms with Gasteiger partial charge in [-0.1, -0.05) is 6.92 Å². The minimum absolute atomic E-state index is 0.309. The lowest BCUT2D eigenvalue weighted by Crippen LogP contribution is -2.36. The molecule has 0 spiro atoms. The van der Waals surface area contributed by atoms with Crippen LogP contribution in [0.3, 0.4) is 0 Å². The summed E-state index contributed by atoms with van der Waals surface area (Å²) in [5.74, 6) is 0.840. The molecule has 132 valence electrons. The van der Waals surface area contributed by atoms with Crippen LogP contribution in [-0.4, -0.2) is 53.8 Å². The van der Waals surface area contributed by atoms with Crippen molar-refractivity contribution >= 4 is 23.3 Å². The summed E-state index contributed by atoms with van der Waals surface area (Å²) in [5, 5.41) is 12.4. The van der Waals surface area contributed by atoms with Crippen LogP contribution in [0.1, 0.15) is 34.1 Å². The van der Waals surface area contributed by atoms with Crippen LogP contribution >= 0.6 is 0 Å². The molecule has 1 saturated heterocycles. The molecule has 0 atom stereocenters. The van der Waals surface area contributed by atoms with Gasteiger partial charge in [0.2, 0.25) is 0 Å². The van der Waals surface area contributed by atoms with E-state index in [0.717, 1.165) is 18.9 Å². The second kappa shape index (κ2) is 8.05. The minimum Gasteiger partial charge on any atom is -0.455 e. The van der Waals surface area contributed by atoms with Crippen LogP contribution in [0, 0.1) is 0 Å². The van der Waals surface area contributed by atoms with Crippen molar-refractivity contribution in [2.75, 3.05) is 36.6 Å². The molecule has 0 bridgehead atoms. The van der Waals surface area contributed by atoms with Gasteiger partial charge in [-0.2, -0.15) is 5.10 Å². The van der Waals surface area contributed by atoms with Crippen LogP contribution in [0.15, 0.2) is 17.2 Å². The van der Waals surface area contributed by atoms with Gasteiger partial charge in [-0.3, -0.25) is 5.43 Å². The van der Waals surface area contributed by atoms with Crippen LogP contribution in [0.4, 0.5) is 11.6 Å². The number of nitrogens with one attached hydrogen (secondary N) is 1. The third-order valence-corrected chi connectivity index (χ3v) is 3.26. The Labute approximate surface area is 142 Å².